The summed E-state index contributed by atoms with van der Waals surface area (Å²) < 4.78 is 27.9. The molecule has 3 heterocycles. The molecule has 6 nitrogen and oxygen atoms in total. The van der Waals surface area contributed by atoms with E-state index in [1.165, 1.54) is 0 Å². The summed E-state index contributed by atoms with van der Waals surface area (Å²) in [5.41, 5.74) is 2.18. The molecule has 2 atom stereocenters. The zero-order chi connectivity index (χ0) is 18.9. The summed E-state index contributed by atoms with van der Waals surface area (Å²) >= 11 is 0. The van der Waals surface area contributed by atoms with E-state index in [1.807, 2.05) is 36.4 Å². The van der Waals surface area contributed by atoms with Crippen LogP contribution in [0.1, 0.15) is 11.1 Å². The Balaban J connectivity index is 1.32. The molecule has 1 saturated heterocycles. The maximum Gasteiger partial charge on any atom is 0.309 e. The summed E-state index contributed by atoms with van der Waals surface area (Å²) in [7, 11) is 0. The van der Waals surface area contributed by atoms with Crippen LogP contribution in [0.25, 0.3) is 0 Å². The second-order valence-corrected chi connectivity index (χ2v) is 7.36. The molecular formula is C22H22O6. The van der Waals surface area contributed by atoms with Crippen molar-refractivity contribution in [1.29, 1.82) is 0 Å². The van der Waals surface area contributed by atoms with E-state index in [0.717, 1.165) is 40.5 Å². The van der Waals surface area contributed by atoms with Gasteiger partial charge in [0, 0.05) is 5.92 Å². The van der Waals surface area contributed by atoms with Crippen LogP contribution in [0.4, 0.5) is 0 Å². The van der Waals surface area contributed by atoms with Gasteiger partial charge in [-0.1, -0.05) is 12.1 Å². The Kier molecular flexibility index (Phi) is 4.47. The molecule has 0 aliphatic carbocycles. The van der Waals surface area contributed by atoms with Gasteiger partial charge in [-0.05, 0) is 48.2 Å². The third-order valence-corrected chi connectivity index (χ3v) is 5.48. The Labute approximate surface area is 163 Å². The number of carbonyl (C=O) groups excluding carboxylic acids is 1. The highest BCUT2D eigenvalue weighted by Gasteiger charge is 2.37. The number of fused-ring (bicyclic) bond motifs is 2. The Morgan fingerprint density at radius 1 is 0.679 bits per heavy atom. The van der Waals surface area contributed by atoms with Crippen LogP contribution in [-0.2, 0) is 22.4 Å². The quantitative estimate of drug-likeness (QED) is 0.758. The lowest BCUT2D eigenvalue weighted by Gasteiger charge is -2.21. The van der Waals surface area contributed by atoms with Crippen molar-refractivity contribution in [3.8, 4) is 23.0 Å². The number of hydrogen-bond acceptors (Lipinski definition) is 6. The van der Waals surface area contributed by atoms with Gasteiger partial charge < -0.3 is 23.7 Å². The molecule has 0 spiro atoms. The number of cyclic esters (lactones) is 1. The largest absolute Gasteiger partial charge is 0.486 e. The van der Waals surface area contributed by atoms with Gasteiger partial charge in [0.05, 0.1) is 12.5 Å². The van der Waals surface area contributed by atoms with E-state index < -0.39 is 0 Å². The van der Waals surface area contributed by atoms with Gasteiger partial charge in [0.25, 0.3) is 0 Å². The average Bonchev–Trinajstić information content (AvgIpc) is 3.07. The molecule has 5 rings (SSSR count). The molecule has 0 N–H and O–H groups in total. The predicted octanol–water partition coefficient (Wildman–Crippen LogP) is 2.80. The van der Waals surface area contributed by atoms with Gasteiger partial charge in [-0.3, -0.25) is 4.79 Å². The lowest BCUT2D eigenvalue weighted by Crippen LogP contribution is -2.21. The van der Waals surface area contributed by atoms with E-state index in [1.54, 1.807) is 0 Å². The van der Waals surface area contributed by atoms with E-state index in [-0.39, 0.29) is 17.8 Å². The van der Waals surface area contributed by atoms with Crippen molar-refractivity contribution >= 4 is 5.97 Å². The average molecular weight is 382 g/mol. The summed E-state index contributed by atoms with van der Waals surface area (Å²) in [6, 6.07) is 11.9. The van der Waals surface area contributed by atoms with Crippen LogP contribution >= 0.6 is 0 Å². The van der Waals surface area contributed by atoms with Gasteiger partial charge in [-0.25, -0.2) is 0 Å². The fraction of sp³-hybridized carbons (Fsp3) is 0.409. The van der Waals surface area contributed by atoms with Crippen LogP contribution in [0.15, 0.2) is 36.4 Å². The van der Waals surface area contributed by atoms with Crippen molar-refractivity contribution in [3.63, 3.8) is 0 Å². The number of rotatable bonds is 4. The maximum atomic E-state index is 12.4. The first kappa shape index (κ1) is 17.2. The SMILES string of the molecule is O=C1OCC(Cc2ccc3c(c2)OCCO3)C1Cc1ccc2c(c1)OCCO2. The maximum absolute atomic E-state index is 12.4. The monoisotopic (exact) mass is 382 g/mol. The van der Waals surface area contributed by atoms with Crippen molar-refractivity contribution in [2.75, 3.05) is 33.0 Å². The van der Waals surface area contributed by atoms with Crippen LogP contribution in [0.2, 0.25) is 0 Å². The number of hydrogen-bond donors (Lipinski definition) is 0. The third kappa shape index (κ3) is 3.35. The van der Waals surface area contributed by atoms with Crippen molar-refractivity contribution < 1.29 is 28.5 Å². The van der Waals surface area contributed by atoms with Crippen LogP contribution < -0.4 is 18.9 Å². The van der Waals surface area contributed by atoms with Crippen LogP contribution in [0.3, 0.4) is 0 Å². The number of carbonyl (C=O) groups is 1. The summed E-state index contributed by atoms with van der Waals surface area (Å²) in [6.07, 6.45) is 1.39. The van der Waals surface area contributed by atoms with E-state index in [2.05, 4.69) is 0 Å². The third-order valence-electron chi connectivity index (χ3n) is 5.48. The van der Waals surface area contributed by atoms with Gasteiger partial charge in [0.1, 0.15) is 26.4 Å². The second kappa shape index (κ2) is 7.26. The van der Waals surface area contributed by atoms with Crippen LogP contribution in [0.5, 0.6) is 23.0 Å². The van der Waals surface area contributed by atoms with Gasteiger partial charge in [0.15, 0.2) is 23.0 Å². The lowest BCUT2D eigenvalue weighted by molar-refractivity contribution is -0.141. The first-order chi connectivity index (χ1) is 13.8. The molecule has 28 heavy (non-hydrogen) atoms. The predicted molar refractivity (Wildman–Crippen MR) is 100 cm³/mol. The molecular weight excluding hydrogens is 360 g/mol. The minimum Gasteiger partial charge on any atom is -0.486 e. The Bertz CT molecular complexity index is 893. The molecule has 0 amide bonds. The molecule has 0 bridgehead atoms. The van der Waals surface area contributed by atoms with Crippen LogP contribution in [-0.4, -0.2) is 39.0 Å². The summed E-state index contributed by atoms with van der Waals surface area (Å²) in [5, 5.41) is 0. The van der Waals surface area contributed by atoms with Crippen molar-refractivity contribution in [1.82, 2.24) is 0 Å². The van der Waals surface area contributed by atoms with Crippen molar-refractivity contribution in [2.45, 2.75) is 12.8 Å². The zero-order valence-electron chi connectivity index (χ0n) is 15.5. The van der Waals surface area contributed by atoms with E-state index in [0.29, 0.717) is 39.5 Å². The number of ether oxygens (including phenoxy) is 5. The topological polar surface area (TPSA) is 63.2 Å². The van der Waals surface area contributed by atoms with Crippen molar-refractivity contribution in [2.24, 2.45) is 11.8 Å². The standard InChI is InChI=1S/C22H22O6/c23-22-17(10-15-2-4-19-21(12-15)27-8-6-25-19)16(13-28-22)9-14-1-3-18-20(11-14)26-7-5-24-18/h1-4,11-12,16-17H,5-10,13H2. The van der Waals surface area contributed by atoms with E-state index in [4.69, 9.17) is 23.7 Å². The molecule has 6 heteroatoms. The van der Waals surface area contributed by atoms with Gasteiger partial charge in [0.2, 0.25) is 0 Å². The summed E-state index contributed by atoms with van der Waals surface area (Å²) in [5.74, 6) is 2.89. The fourth-order valence-electron chi connectivity index (χ4n) is 4.04. The molecule has 0 saturated carbocycles. The molecule has 1 fully saturated rings. The van der Waals surface area contributed by atoms with Gasteiger partial charge in [-0.15, -0.1) is 0 Å². The summed E-state index contributed by atoms with van der Waals surface area (Å²) in [4.78, 5) is 12.4. The van der Waals surface area contributed by atoms with Gasteiger partial charge >= 0.3 is 5.97 Å². The Morgan fingerprint density at radius 3 is 1.82 bits per heavy atom. The Hall–Kier alpha value is -2.89. The molecule has 0 radical (unpaired) electrons. The molecule has 2 aromatic rings. The van der Waals surface area contributed by atoms with Gasteiger partial charge in [-0.2, -0.15) is 0 Å². The molecule has 2 unspecified atom stereocenters. The normalized spacial score (nSPS) is 22.6. The smallest absolute Gasteiger partial charge is 0.309 e. The molecule has 2 aromatic carbocycles. The van der Waals surface area contributed by atoms with E-state index >= 15 is 0 Å². The first-order valence-electron chi connectivity index (χ1n) is 9.70. The highest BCUT2D eigenvalue weighted by Crippen LogP contribution is 2.36. The number of esters is 1. The number of benzene rings is 2. The molecule has 3 aliphatic rings. The summed E-state index contributed by atoms with van der Waals surface area (Å²) in [6.45, 7) is 2.71. The van der Waals surface area contributed by atoms with Crippen molar-refractivity contribution in [3.05, 3.63) is 47.5 Å². The Morgan fingerprint density at radius 2 is 1.21 bits per heavy atom. The minimum absolute atomic E-state index is 0.127. The minimum atomic E-state index is -0.171. The molecule has 146 valence electrons. The second-order valence-electron chi connectivity index (χ2n) is 7.36. The van der Waals surface area contributed by atoms with E-state index in [9.17, 15) is 4.79 Å². The fourth-order valence-corrected chi connectivity index (χ4v) is 4.04. The van der Waals surface area contributed by atoms with Crippen LogP contribution in [0, 0.1) is 11.8 Å². The first-order valence-corrected chi connectivity index (χ1v) is 9.70. The zero-order valence-corrected chi connectivity index (χ0v) is 15.5. The molecule has 0 aromatic heterocycles. The lowest BCUT2D eigenvalue weighted by atomic mass is 9.85. The highest BCUT2D eigenvalue weighted by molar-refractivity contribution is 5.75. The highest BCUT2D eigenvalue weighted by atomic mass is 16.6. The molecule has 3 aliphatic heterocycles.